The van der Waals surface area contributed by atoms with Gasteiger partial charge in [0.25, 0.3) is 0 Å². The summed E-state index contributed by atoms with van der Waals surface area (Å²) in [6, 6.07) is 7.45. The van der Waals surface area contributed by atoms with Crippen molar-refractivity contribution < 1.29 is 14.3 Å². The van der Waals surface area contributed by atoms with E-state index in [1.165, 1.54) is 0 Å². The molecule has 2 atom stereocenters. The summed E-state index contributed by atoms with van der Waals surface area (Å²) >= 11 is 0. The Kier molecular flexibility index (Phi) is 6.49. The average molecular weight is 294 g/mol. The first-order valence-electron chi connectivity index (χ1n) is 7.27. The van der Waals surface area contributed by atoms with Gasteiger partial charge in [-0.05, 0) is 38.9 Å². The van der Waals surface area contributed by atoms with Crippen LogP contribution in [0.3, 0.4) is 0 Å². The molecule has 0 radical (unpaired) electrons. The minimum absolute atomic E-state index is 0.178. The molecule has 0 saturated heterocycles. The number of nitrogens with one attached hydrogen (secondary N) is 1. The van der Waals surface area contributed by atoms with Crippen molar-refractivity contribution in [3.05, 3.63) is 24.3 Å². The van der Waals surface area contributed by atoms with Gasteiger partial charge in [-0.25, -0.2) is 0 Å². The Bertz CT molecular complexity index is 465. The van der Waals surface area contributed by atoms with Crippen LogP contribution in [-0.2, 0) is 4.79 Å². The zero-order chi connectivity index (χ0) is 15.9. The Balaban J connectivity index is 2.74. The van der Waals surface area contributed by atoms with Crippen LogP contribution in [0, 0.1) is 0 Å². The third-order valence-electron chi connectivity index (χ3n) is 3.40. The summed E-state index contributed by atoms with van der Waals surface area (Å²) in [5, 5.41) is 3.20. The molecule has 3 N–H and O–H groups in total. The van der Waals surface area contributed by atoms with Crippen LogP contribution in [0.1, 0.15) is 33.6 Å². The number of para-hydroxylation sites is 2. The Morgan fingerprint density at radius 3 is 2.52 bits per heavy atom. The maximum atomic E-state index is 11.7. The summed E-state index contributed by atoms with van der Waals surface area (Å²) < 4.78 is 11.1. The molecule has 0 aliphatic rings. The van der Waals surface area contributed by atoms with Gasteiger partial charge in [-0.3, -0.25) is 4.79 Å². The number of rotatable bonds is 9. The number of carbonyl (C=O) groups excluding carboxylic acids is 1. The van der Waals surface area contributed by atoms with E-state index in [4.69, 9.17) is 15.2 Å². The predicted molar refractivity (Wildman–Crippen MR) is 83.6 cm³/mol. The second-order valence-corrected chi connectivity index (χ2v) is 5.41. The maximum absolute atomic E-state index is 11.7. The van der Waals surface area contributed by atoms with Crippen LogP contribution in [0.15, 0.2) is 24.3 Å². The van der Waals surface area contributed by atoms with E-state index in [0.717, 1.165) is 13.0 Å². The predicted octanol–water partition coefficient (Wildman–Crippen LogP) is 2.10. The minimum atomic E-state index is -0.780. The standard InChI is InChI=1S/C16H26N2O3/c1-5-10-18-16(3,15(17)19)11-12(2)21-14-9-7-6-8-13(14)20-4/h6-9,12,18H,5,10-11H2,1-4H3,(H2,17,19). The second-order valence-electron chi connectivity index (χ2n) is 5.41. The van der Waals surface area contributed by atoms with Gasteiger partial charge < -0.3 is 20.5 Å². The fourth-order valence-electron chi connectivity index (χ4n) is 2.21. The van der Waals surface area contributed by atoms with Crippen LogP contribution >= 0.6 is 0 Å². The van der Waals surface area contributed by atoms with Crippen molar-refractivity contribution in [2.75, 3.05) is 13.7 Å². The second kappa shape index (κ2) is 7.88. The molecule has 2 unspecified atom stereocenters. The zero-order valence-corrected chi connectivity index (χ0v) is 13.3. The Morgan fingerprint density at radius 2 is 2.00 bits per heavy atom. The van der Waals surface area contributed by atoms with Gasteiger partial charge in [0.2, 0.25) is 5.91 Å². The summed E-state index contributed by atoms with van der Waals surface area (Å²) in [6.07, 6.45) is 1.24. The molecule has 1 aromatic rings. The summed E-state index contributed by atoms with van der Waals surface area (Å²) in [6.45, 7) is 6.51. The van der Waals surface area contributed by atoms with Crippen LogP contribution in [0.25, 0.3) is 0 Å². The smallest absolute Gasteiger partial charge is 0.237 e. The van der Waals surface area contributed by atoms with Crippen molar-refractivity contribution in [3.63, 3.8) is 0 Å². The summed E-state index contributed by atoms with van der Waals surface area (Å²) in [4.78, 5) is 11.7. The van der Waals surface area contributed by atoms with Crippen molar-refractivity contribution in [2.45, 2.75) is 45.3 Å². The molecule has 0 aliphatic carbocycles. The lowest BCUT2D eigenvalue weighted by Crippen LogP contribution is -2.55. The van der Waals surface area contributed by atoms with Crippen LogP contribution in [0.5, 0.6) is 11.5 Å². The van der Waals surface area contributed by atoms with Gasteiger partial charge in [0.15, 0.2) is 11.5 Å². The van der Waals surface area contributed by atoms with E-state index >= 15 is 0 Å². The number of carbonyl (C=O) groups is 1. The van der Waals surface area contributed by atoms with Crippen molar-refractivity contribution in [2.24, 2.45) is 5.73 Å². The van der Waals surface area contributed by atoms with E-state index in [1.54, 1.807) is 7.11 Å². The Morgan fingerprint density at radius 1 is 1.38 bits per heavy atom. The molecule has 0 heterocycles. The van der Waals surface area contributed by atoms with E-state index < -0.39 is 5.54 Å². The van der Waals surface area contributed by atoms with Gasteiger partial charge >= 0.3 is 0 Å². The highest BCUT2D eigenvalue weighted by atomic mass is 16.5. The quantitative estimate of drug-likeness (QED) is 0.731. The molecule has 1 amide bonds. The van der Waals surface area contributed by atoms with Crippen LogP contribution < -0.4 is 20.5 Å². The van der Waals surface area contributed by atoms with E-state index in [1.807, 2.05) is 45.0 Å². The van der Waals surface area contributed by atoms with E-state index in [2.05, 4.69) is 5.32 Å². The Hall–Kier alpha value is -1.75. The number of methoxy groups -OCH3 is 1. The molecule has 0 saturated carbocycles. The monoisotopic (exact) mass is 294 g/mol. The minimum Gasteiger partial charge on any atom is -0.493 e. The number of nitrogens with two attached hydrogens (primary N) is 1. The van der Waals surface area contributed by atoms with Gasteiger partial charge in [0, 0.05) is 6.42 Å². The molecule has 118 valence electrons. The number of hydrogen-bond donors (Lipinski definition) is 2. The van der Waals surface area contributed by atoms with Gasteiger partial charge in [0.05, 0.1) is 18.8 Å². The van der Waals surface area contributed by atoms with E-state index in [9.17, 15) is 4.79 Å². The van der Waals surface area contributed by atoms with Gasteiger partial charge in [0.1, 0.15) is 0 Å². The zero-order valence-electron chi connectivity index (χ0n) is 13.3. The molecule has 1 aromatic carbocycles. The molecule has 21 heavy (non-hydrogen) atoms. The fraction of sp³-hybridized carbons (Fsp3) is 0.562. The number of ether oxygens (including phenoxy) is 2. The highest BCUT2D eigenvalue weighted by molar-refractivity contribution is 5.84. The summed E-state index contributed by atoms with van der Waals surface area (Å²) in [7, 11) is 1.60. The lowest BCUT2D eigenvalue weighted by molar-refractivity contribution is -0.124. The molecular weight excluding hydrogens is 268 g/mol. The number of primary amides is 1. The lowest BCUT2D eigenvalue weighted by atomic mass is 9.93. The molecule has 0 aromatic heterocycles. The topological polar surface area (TPSA) is 73.6 Å². The molecule has 0 aliphatic heterocycles. The molecule has 0 spiro atoms. The molecule has 5 nitrogen and oxygen atoms in total. The average Bonchev–Trinajstić information content (AvgIpc) is 2.45. The Labute approximate surface area is 126 Å². The third kappa shape index (κ3) is 4.93. The SMILES string of the molecule is CCCNC(C)(CC(C)Oc1ccccc1OC)C(N)=O. The third-order valence-corrected chi connectivity index (χ3v) is 3.40. The van der Waals surface area contributed by atoms with Crippen molar-refractivity contribution in [1.82, 2.24) is 5.32 Å². The maximum Gasteiger partial charge on any atom is 0.237 e. The first-order chi connectivity index (χ1) is 9.92. The summed E-state index contributed by atoms with van der Waals surface area (Å²) in [5.74, 6) is 0.966. The van der Waals surface area contributed by atoms with Crippen molar-refractivity contribution in [1.29, 1.82) is 0 Å². The molecule has 1 rings (SSSR count). The number of hydrogen-bond acceptors (Lipinski definition) is 4. The van der Waals surface area contributed by atoms with Crippen LogP contribution in [-0.4, -0.2) is 31.2 Å². The lowest BCUT2D eigenvalue weighted by Gasteiger charge is -2.30. The highest BCUT2D eigenvalue weighted by Gasteiger charge is 2.32. The molecule has 0 bridgehead atoms. The summed E-state index contributed by atoms with van der Waals surface area (Å²) in [5.41, 5.74) is 4.75. The van der Waals surface area contributed by atoms with Gasteiger partial charge in [-0.1, -0.05) is 19.1 Å². The van der Waals surface area contributed by atoms with E-state index in [0.29, 0.717) is 17.9 Å². The molecule has 5 heteroatoms. The fourth-order valence-corrected chi connectivity index (χ4v) is 2.21. The van der Waals surface area contributed by atoms with Crippen molar-refractivity contribution in [3.8, 4) is 11.5 Å². The first-order valence-corrected chi connectivity index (χ1v) is 7.27. The van der Waals surface area contributed by atoms with Crippen molar-refractivity contribution >= 4 is 5.91 Å². The van der Waals surface area contributed by atoms with Crippen LogP contribution in [0.2, 0.25) is 0 Å². The first kappa shape index (κ1) is 17.3. The normalized spacial score (nSPS) is 15.0. The van der Waals surface area contributed by atoms with Gasteiger partial charge in [-0.15, -0.1) is 0 Å². The molecule has 0 fully saturated rings. The highest BCUT2D eigenvalue weighted by Crippen LogP contribution is 2.28. The molecular formula is C16H26N2O3. The van der Waals surface area contributed by atoms with E-state index in [-0.39, 0.29) is 12.0 Å². The van der Waals surface area contributed by atoms with Gasteiger partial charge in [-0.2, -0.15) is 0 Å². The number of benzene rings is 1. The van der Waals surface area contributed by atoms with Crippen LogP contribution in [0.4, 0.5) is 0 Å². The largest absolute Gasteiger partial charge is 0.493 e. The number of amides is 1.